The number of rotatable bonds is 8. The van der Waals surface area contributed by atoms with Crippen molar-refractivity contribution in [1.29, 1.82) is 0 Å². The van der Waals surface area contributed by atoms with Crippen LogP contribution in [0, 0.1) is 5.92 Å². The first-order valence-corrected chi connectivity index (χ1v) is 9.77. The lowest BCUT2D eigenvalue weighted by Gasteiger charge is -2.24. The number of nitrogens with zero attached hydrogens (tertiary/aromatic N) is 1. The third-order valence-corrected chi connectivity index (χ3v) is 5.62. The van der Waals surface area contributed by atoms with Gasteiger partial charge in [-0.2, -0.15) is 0 Å². The minimum atomic E-state index is 0. The molecule has 142 valence electrons. The predicted octanol–water partition coefficient (Wildman–Crippen LogP) is 4.10. The van der Waals surface area contributed by atoms with Gasteiger partial charge in [0.2, 0.25) is 5.91 Å². The first kappa shape index (κ1) is 20.7. The summed E-state index contributed by atoms with van der Waals surface area (Å²) in [4.78, 5) is 16.1. The van der Waals surface area contributed by atoms with Gasteiger partial charge in [0.25, 0.3) is 0 Å². The van der Waals surface area contributed by atoms with E-state index < -0.39 is 0 Å². The molecule has 1 N–H and O–H groups in total. The summed E-state index contributed by atoms with van der Waals surface area (Å²) < 4.78 is 5.46. The van der Waals surface area contributed by atoms with Crippen LogP contribution in [-0.2, 0) is 17.9 Å². The van der Waals surface area contributed by atoms with E-state index in [0.29, 0.717) is 25.4 Å². The molecule has 0 bridgehead atoms. The second kappa shape index (κ2) is 10.6. The van der Waals surface area contributed by atoms with Crippen molar-refractivity contribution in [3.63, 3.8) is 0 Å². The number of halogens is 1. The van der Waals surface area contributed by atoms with E-state index in [1.165, 1.54) is 11.3 Å². The molecule has 4 nitrogen and oxygen atoms in total. The van der Waals surface area contributed by atoms with Gasteiger partial charge in [-0.25, -0.2) is 0 Å². The molecule has 0 spiro atoms. The van der Waals surface area contributed by atoms with Crippen LogP contribution in [0.1, 0.15) is 29.7 Å². The topological polar surface area (TPSA) is 41.6 Å². The Morgan fingerprint density at radius 3 is 2.81 bits per heavy atom. The molecule has 1 unspecified atom stereocenters. The molecule has 26 heavy (non-hydrogen) atoms. The summed E-state index contributed by atoms with van der Waals surface area (Å²) in [5.74, 6) is 1.71. The van der Waals surface area contributed by atoms with Crippen LogP contribution in [-0.4, -0.2) is 31.0 Å². The van der Waals surface area contributed by atoms with Crippen LogP contribution in [0.2, 0.25) is 0 Å². The quantitative estimate of drug-likeness (QED) is 0.732. The number of nitrogens with one attached hydrogen (secondary N) is 1. The fourth-order valence-corrected chi connectivity index (χ4v) is 4.03. The third-order valence-electron chi connectivity index (χ3n) is 4.76. The predicted molar refractivity (Wildman–Crippen MR) is 109 cm³/mol. The Morgan fingerprint density at radius 1 is 1.27 bits per heavy atom. The van der Waals surface area contributed by atoms with Gasteiger partial charge in [0.15, 0.2) is 0 Å². The molecule has 0 saturated carbocycles. The minimum Gasteiger partial charge on any atom is -0.496 e. The molecule has 1 saturated heterocycles. The van der Waals surface area contributed by atoms with Gasteiger partial charge in [-0.05, 0) is 49.4 Å². The Bertz CT molecular complexity index is 672. The zero-order valence-electron chi connectivity index (χ0n) is 15.1. The maximum absolute atomic E-state index is 12.9. The number of thiophene rings is 1. The normalized spacial score (nSPS) is 16.1. The summed E-state index contributed by atoms with van der Waals surface area (Å²) in [5, 5.41) is 5.44. The molecule has 1 amide bonds. The number of carbonyl (C=O) groups excluding carboxylic acids is 1. The zero-order chi connectivity index (χ0) is 17.5. The Labute approximate surface area is 166 Å². The van der Waals surface area contributed by atoms with E-state index >= 15 is 0 Å². The molecular formula is C20H27ClN2O2S. The van der Waals surface area contributed by atoms with Crippen molar-refractivity contribution in [2.75, 3.05) is 20.2 Å². The summed E-state index contributed by atoms with van der Waals surface area (Å²) in [6.07, 6.45) is 2.77. The number of ether oxygens (including phenoxy) is 1. The molecule has 0 aliphatic carbocycles. The molecule has 2 heterocycles. The lowest BCUT2D eigenvalue weighted by Crippen LogP contribution is -2.30. The van der Waals surface area contributed by atoms with Crippen LogP contribution < -0.4 is 10.1 Å². The van der Waals surface area contributed by atoms with Crippen LogP contribution in [0.3, 0.4) is 0 Å². The van der Waals surface area contributed by atoms with Gasteiger partial charge in [0.05, 0.1) is 13.7 Å². The van der Waals surface area contributed by atoms with Gasteiger partial charge in [-0.1, -0.05) is 24.3 Å². The Balaban J connectivity index is 0.00000243. The first-order chi connectivity index (χ1) is 12.3. The van der Waals surface area contributed by atoms with Crippen molar-refractivity contribution in [3.05, 3.63) is 52.2 Å². The van der Waals surface area contributed by atoms with Crippen molar-refractivity contribution in [1.82, 2.24) is 10.2 Å². The standard InChI is InChI=1S/C20H26N2O2S.ClH/c1-24-19-7-3-2-5-17(19)14-22(15-18-6-4-12-25-18)20(23)9-8-16-10-11-21-13-16;/h2-7,12,16,21H,8-11,13-15H2,1H3;1H. The Morgan fingerprint density at radius 2 is 2.12 bits per heavy atom. The van der Waals surface area contributed by atoms with E-state index in [-0.39, 0.29) is 18.3 Å². The van der Waals surface area contributed by atoms with Crippen molar-refractivity contribution < 1.29 is 9.53 Å². The SMILES string of the molecule is COc1ccccc1CN(Cc1cccs1)C(=O)CCC1CCNC1.Cl. The number of benzene rings is 1. The van der Waals surface area contributed by atoms with Crippen molar-refractivity contribution in [2.24, 2.45) is 5.92 Å². The van der Waals surface area contributed by atoms with Crippen LogP contribution >= 0.6 is 23.7 Å². The molecule has 1 aliphatic heterocycles. The zero-order valence-corrected chi connectivity index (χ0v) is 16.8. The number of hydrogen-bond donors (Lipinski definition) is 1. The highest BCUT2D eigenvalue weighted by Crippen LogP contribution is 2.23. The van der Waals surface area contributed by atoms with Crippen LogP contribution in [0.15, 0.2) is 41.8 Å². The van der Waals surface area contributed by atoms with Gasteiger partial charge in [-0.15, -0.1) is 23.7 Å². The number of hydrogen-bond acceptors (Lipinski definition) is 4. The lowest BCUT2D eigenvalue weighted by atomic mass is 10.0. The van der Waals surface area contributed by atoms with Gasteiger partial charge in [-0.3, -0.25) is 4.79 Å². The van der Waals surface area contributed by atoms with Crippen LogP contribution in [0.25, 0.3) is 0 Å². The minimum absolute atomic E-state index is 0. The first-order valence-electron chi connectivity index (χ1n) is 8.89. The Kier molecular flexibility index (Phi) is 8.42. The van der Waals surface area contributed by atoms with E-state index in [4.69, 9.17) is 4.74 Å². The summed E-state index contributed by atoms with van der Waals surface area (Å²) >= 11 is 1.70. The van der Waals surface area contributed by atoms with Crippen LogP contribution in [0.4, 0.5) is 0 Å². The number of carbonyl (C=O) groups is 1. The second-order valence-corrected chi connectivity index (χ2v) is 7.57. The maximum atomic E-state index is 12.9. The molecule has 1 aliphatic rings. The molecule has 3 rings (SSSR count). The highest BCUT2D eigenvalue weighted by atomic mass is 35.5. The van der Waals surface area contributed by atoms with Crippen LogP contribution in [0.5, 0.6) is 5.75 Å². The largest absolute Gasteiger partial charge is 0.496 e. The summed E-state index contributed by atoms with van der Waals surface area (Å²) in [5.41, 5.74) is 1.05. The van der Waals surface area contributed by atoms with E-state index in [1.54, 1.807) is 18.4 Å². The average Bonchev–Trinajstić information content (AvgIpc) is 3.33. The molecule has 1 fully saturated rings. The Hall–Kier alpha value is -1.56. The van der Waals surface area contributed by atoms with Gasteiger partial charge >= 0.3 is 0 Å². The maximum Gasteiger partial charge on any atom is 0.223 e. The van der Waals surface area contributed by atoms with E-state index in [0.717, 1.165) is 30.8 Å². The summed E-state index contributed by atoms with van der Waals surface area (Å²) in [7, 11) is 1.68. The van der Waals surface area contributed by atoms with Crippen molar-refractivity contribution in [2.45, 2.75) is 32.4 Å². The lowest BCUT2D eigenvalue weighted by molar-refractivity contribution is -0.132. The average molecular weight is 395 g/mol. The number of methoxy groups -OCH3 is 1. The molecular weight excluding hydrogens is 368 g/mol. The molecule has 6 heteroatoms. The molecule has 1 aromatic carbocycles. The monoisotopic (exact) mass is 394 g/mol. The van der Waals surface area contributed by atoms with Gasteiger partial charge in [0, 0.05) is 23.4 Å². The molecule has 1 aromatic heterocycles. The van der Waals surface area contributed by atoms with E-state index in [2.05, 4.69) is 16.8 Å². The molecule has 1 atom stereocenters. The fourth-order valence-electron chi connectivity index (χ4n) is 3.31. The fraction of sp³-hybridized carbons (Fsp3) is 0.450. The summed E-state index contributed by atoms with van der Waals surface area (Å²) in [6.45, 7) is 3.38. The molecule has 0 radical (unpaired) electrons. The third kappa shape index (κ3) is 5.73. The van der Waals surface area contributed by atoms with Crippen molar-refractivity contribution >= 4 is 29.7 Å². The second-order valence-electron chi connectivity index (χ2n) is 6.54. The van der Waals surface area contributed by atoms with Gasteiger partial charge < -0.3 is 15.0 Å². The van der Waals surface area contributed by atoms with Crippen molar-refractivity contribution in [3.8, 4) is 5.75 Å². The van der Waals surface area contributed by atoms with E-state index in [1.807, 2.05) is 35.2 Å². The number of amides is 1. The number of para-hydroxylation sites is 1. The van der Waals surface area contributed by atoms with E-state index in [9.17, 15) is 4.79 Å². The van der Waals surface area contributed by atoms with Gasteiger partial charge in [0.1, 0.15) is 5.75 Å². The molecule has 2 aromatic rings. The smallest absolute Gasteiger partial charge is 0.223 e. The highest BCUT2D eigenvalue weighted by Gasteiger charge is 2.20. The summed E-state index contributed by atoms with van der Waals surface area (Å²) in [6, 6.07) is 12.1. The highest BCUT2D eigenvalue weighted by molar-refractivity contribution is 7.09.